The standard InChI is InChI=1S/C16H13F2N3O3S2/c1-9(21-26(23,24)14-5-3-2-4-11(14)18)15(22)20-16-19-12-7-6-10(17)8-13(12)25-16/h2-9,21H,1H3,(H,19,20,22)/t9-/m0/s1. The molecule has 10 heteroatoms. The maximum Gasteiger partial charge on any atom is 0.244 e. The van der Waals surface area contributed by atoms with Crippen LogP contribution in [0.3, 0.4) is 0 Å². The average Bonchev–Trinajstić information content (AvgIpc) is 2.95. The number of rotatable bonds is 5. The van der Waals surface area contributed by atoms with Crippen molar-refractivity contribution in [3.63, 3.8) is 0 Å². The molecule has 0 aliphatic rings. The number of sulfonamides is 1. The fraction of sp³-hybridized carbons (Fsp3) is 0.125. The van der Waals surface area contributed by atoms with E-state index in [1.165, 1.54) is 37.3 Å². The van der Waals surface area contributed by atoms with E-state index in [9.17, 15) is 22.0 Å². The Hall–Kier alpha value is -2.43. The number of hydrogen-bond acceptors (Lipinski definition) is 5. The van der Waals surface area contributed by atoms with Crippen molar-refractivity contribution in [3.8, 4) is 0 Å². The highest BCUT2D eigenvalue weighted by molar-refractivity contribution is 7.89. The maximum atomic E-state index is 13.7. The van der Waals surface area contributed by atoms with E-state index in [4.69, 9.17) is 0 Å². The smallest absolute Gasteiger partial charge is 0.244 e. The summed E-state index contributed by atoms with van der Waals surface area (Å²) in [5, 5.41) is 2.67. The van der Waals surface area contributed by atoms with Gasteiger partial charge < -0.3 is 5.32 Å². The number of nitrogens with one attached hydrogen (secondary N) is 2. The average molecular weight is 397 g/mol. The van der Waals surface area contributed by atoms with Crippen molar-refractivity contribution in [2.24, 2.45) is 0 Å². The van der Waals surface area contributed by atoms with Crippen LogP contribution in [0.25, 0.3) is 10.2 Å². The molecule has 2 N–H and O–H groups in total. The van der Waals surface area contributed by atoms with Crippen LogP contribution < -0.4 is 10.0 Å². The molecule has 1 atom stereocenters. The lowest BCUT2D eigenvalue weighted by Gasteiger charge is -2.13. The number of aromatic nitrogens is 1. The van der Waals surface area contributed by atoms with E-state index in [1.807, 2.05) is 0 Å². The Morgan fingerprint density at radius 1 is 1.19 bits per heavy atom. The zero-order valence-corrected chi connectivity index (χ0v) is 15.0. The first-order valence-corrected chi connectivity index (χ1v) is 9.70. The van der Waals surface area contributed by atoms with Crippen LogP contribution >= 0.6 is 11.3 Å². The van der Waals surface area contributed by atoms with Crippen LogP contribution in [0.5, 0.6) is 0 Å². The molecule has 0 radical (unpaired) electrons. The Morgan fingerprint density at radius 2 is 1.92 bits per heavy atom. The molecule has 0 spiro atoms. The third-order valence-electron chi connectivity index (χ3n) is 3.43. The predicted octanol–water partition coefficient (Wildman–Crippen LogP) is 2.88. The van der Waals surface area contributed by atoms with Crippen LogP contribution in [0.2, 0.25) is 0 Å². The van der Waals surface area contributed by atoms with Gasteiger partial charge in [-0.3, -0.25) is 4.79 Å². The lowest BCUT2D eigenvalue weighted by atomic mass is 10.3. The molecular weight excluding hydrogens is 384 g/mol. The van der Waals surface area contributed by atoms with Gasteiger partial charge in [-0.2, -0.15) is 4.72 Å². The summed E-state index contributed by atoms with van der Waals surface area (Å²) in [6, 6.07) is 7.68. The first-order chi connectivity index (χ1) is 12.3. The maximum absolute atomic E-state index is 13.7. The molecule has 0 bridgehead atoms. The van der Waals surface area contributed by atoms with Crippen molar-refractivity contribution in [1.82, 2.24) is 9.71 Å². The number of amides is 1. The molecule has 26 heavy (non-hydrogen) atoms. The van der Waals surface area contributed by atoms with Gasteiger partial charge in [-0.15, -0.1) is 0 Å². The minimum Gasteiger partial charge on any atom is -0.301 e. The first-order valence-electron chi connectivity index (χ1n) is 7.40. The summed E-state index contributed by atoms with van der Waals surface area (Å²) in [4.78, 5) is 15.8. The number of anilines is 1. The van der Waals surface area contributed by atoms with E-state index in [1.54, 1.807) is 0 Å². The summed E-state index contributed by atoms with van der Waals surface area (Å²) in [6.07, 6.45) is 0. The molecule has 0 saturated carbocycles. The van der Waals surface area contributed by atoms with Gasteiger partial charge in [0.25, 0.3) is 0 Å². The summed E-state index contributed by atoms with van der Waals surface area (Å²) in [7, 11) is -4.21. The van der Waals surface area contributed by atoms with E-state index in [0.29, 0.717) is 10.2 Å². The van der Waals surface area contributed by atoms with Gasteiger partial charge in [-0.1, -0.05) is 23.5 Å². The molecular formula is C16H13F2N3O3S2. The molecule has 6 nitrogen and oxygen atoms in total. The summed E-state index contributed by atoms with van der Waals surface area (Å²) in [6.45, 7) is 1.32. The van der Waals surface area contributed by atoms with Crippen molar-refractivity contribution < 1.29 is 22.0 Å². The molecule has 1 aromatic heterocycles. The second-order valence-electron chi connectivity index (χ2n) is 5.39. The van der Waals surface area contributed by atoms with E-state index in [-0.39, 0.29) is 5.13 Å². The van der Waals surface area contributed by atoms with Gasteiger partial charge in [-0.05, 0) is 37.3 Å². The van der Waals surface area contributed by atoms with Gasteiger partial charge in [0.2, 0.25) is 15.9 Å². The molecule has 0 aliphatic carbocycles. The van der Waals surface area contributed by atoms with Crippen molar-refractivity contribution in [2.45, 2.75) is 17.9 Å². The molecule has 0 aliphatic heterocycles. The molecule has 1 heterocycles. The molecule has 0 fully saturated rings. The van der Waals surface area contributed by atoms with Crippen molar-refractivity contribution in [1.29, 1.82) is 0 Å². The summed E-state index contributed by atoms with van der Waals surface area (Å²) >= 11 is 1.05. The summed E-state index contributed by atoms with van der Waals surface area (Å²) < 4.78 is 54.0. The molecule has 0 unspecified atom stereocenters. The Labute approximate surface area is 151 Å². The summed E-state index contributed by atoms with van der Waals surface area (Å²) in [5.74, 6) is -2.02. The fourth-order valence-electron chi connectivity index (χ4n) is 2.18. The monoisotopic (exact) mass is 397 g/mol. The number of halogens is 2. The van der Waals surface area contributed by atoms with Crippen LogP contribution in [0.1, 0.15) is 6.92 Å². The fourth-order valence-corrected chi connectivity index (χ4v) is 4.35. The van der Waals surface area contributed by atoms with Gasteiger partial charge in [-0.25, -0.2) is 22.2 Å². The lowest BCUT2D eigenvalue weighted by molar-refractivity contribution is -0.117. The second-order valence-corrected chi connectivity index (χ2v) is 8.11. The number of thiazole rings is 1. The van der Waals surface area contributed by atoms with Crippen LogP contribution in [0, 0.1) is 11.6 Å². The van der Waals surface area contributed by atoms with Crippen molar-refractivity contribution >= 4 is 42.6 Å². The molecule has 3 aromatic rings. The number of fused-ring (bicyclic) bond motifs is 1. The lowest BCUT2D eigenvalue weighted by Crippen LogP contribution is -2.41. The zero-order chi connectivity index (χ0) is 18.9. The third kappa shape index (κ3) is 3.87. The Bertz CT molecular complexity index is 1080. The van der Waals surface area contributed by atoms with Gasteiger partial charge >= 0.3 is 0 Å². The van der Waals surface area contributed by atoms with E-state index in [0.717, 1.165) is 23.5 Å². The number of benzene rings is 2. The minimum atomic E-state index is -4.21. The largest absolute Gasteiger partial charge is 0.301 e. The molecule has 1 amide bonds. The normalized spacial score (nSPS) is 12.9. The molecule has 136 valence electrons. The van der Waals surface area contributed by atoms with Crippen LogP contribution in [-0.2, 0) is 14.8 Å². The molecule has 3 rings (SSSR count). The number of carbonyl (C=O) groups excluding carboxylic acids is 1. The molecule has 0 saturated heterocycles. The van der Waals surface area contributed by atoms with Crippen molar-refractivity contribution in [2.75, 3.05) is 5.32 Å². The Balaban J connectivity index is 1.74. The number of hydrogen-bond donors (Lipinski definition) is 2. The van der Waals surface area contributed by atoms with Gasteiger partial charge in [0.15, 0.2) is 5.13 Å². The number of carbonyl (C=O) groups is 1. The highest BCUT2D eigenvalue weighted by Crippen LogP contribution is 2.26. The van der Waals surface area contributed by atoms with Crippen molar-refractivity contribution in [3.05, 3.63) is 54.1 Å². The summed E-state index contributed by atoms with van der Waals surface area (Å²) in [5.41, 5.74) is 0.506. The highest BCUT2D eigenvalue weighted by atomic mass is 32.2. The molecule has 2 aromatic carbocycles. The minimum absolute atomic E-state index is 0.201. The Kier molecular flexibility index (Phi) is 4.99. The highest BCUT2D eigenvalue weighted by Gasteiger charge is 2.25. The van der Waals surface area contributed by atoms with E-state index >= 15 is 0 Å². The van der Waals surface area contributed by atoms with Gasteiger partial charge in [0.05, 0.1) is 16.3 Å². The second kappa shape index (κ2) is 7.06. The van der Waals surface area contributed by atoms with Gasteiger partial charge in [0, 0.05) is 0 Å². The van der Waals surface area contributed by atoms with Crippen LogP contribution in [0.15, 0.2) is 47.4 Å². The quantitative estimate of drug-likeness (QED) is 0.693. The zero-order valence-electron chi connectivity index (χ0n) is 13.4. The van der Waals surface area contributed by atoms with Crippen LogP contribution in [0.4, 0.5) is 13.9 Å². The topological polar surface area (TPSA) is 88.2 Å². The predicted molar refractivity (Wildman–Crippen MR) is 94.4 cm³/mol. The first kappa shape index (κ1) is 18.4. The van der Waals surface area contributed by atoms with Crippen LogP contribution in [-0.4, -0.2) is 25.4 Å². The third-order valence-corrected chi connectivity index (χ3v) is 5.94. The van der Waals surface area contributed by atoms with E-state index < -0.39 is 38.5 Å². The van der Waals surface area contributed by atoms with E-state index in [2.05, 4.69) is 15.0 Å². The SMILES string of the molecule is C[C@H](NS(=O)(=O)c1ccccc1F)C(=O)Nc1nc2ccc(F)cc2s1. The van der Waals surface area contributed by atoms with Gasteiger partial charge in [0.1, 0.15) is 16.5 Å². The Morgan fingerprint density at radius 3 is 2.65 bits per heavy atom. The number of nitrogens with zero attached hydrogens (tertiary/aromatic N) is 1.